The molecule has 1 aliphatic rings. The summed E-state index contributed by atoms with van der Waals surface area (Å²) < 4.78 is 0. The third-order valence-corrected chi connectivity index (χ3v) is 2.32. The topological polar surface area (TPSA) is 0 Å². The second kappa shape index (κ2) is 3.80. The first-order chi connectivity index (χ1) is 4.80. The Morgan fingerprint density at radius 3 is 2.70 bits per heavy atom. The minimum absolute atomic E-state index is 0.790. The lowest BCUT2D eigenvalue weighted by Gasteiger charge is -2.07. The summed E-state index contributed by atoms with van der Waals surface area (Å²) in [6.45, 7) is 4.61. The molecule has 0 aromatic heterocycles. The van der Waals surface area contributed by atoms with Gasteiger partial charge in [-0.3, -0.25) is 0 Å². The zero-order valence-corrected chi connectivity index (χ0v) is 7.19. The number of hydrogen-bond acceptors (Lipinski definition) is 0. The average molecular weight is 138 g/mol. The monoisotopic (exact) mass is 138 g/mol. The number of hydrogen-bond donors (Lipinski definition) is 0. The first-order valence-corrected chi connectivity index (χ1v) is 4.49. The molecule has 0 fully saturated rings. The molecule has 0 aliphatic heterocycles. The van der Waals surface area contributed by atoms with Crippen molar-refractivity contribution in [3.8, 4) is 0 Å². The standard InChI is InChI=1S/C10H18/c1-9(2)10-7-5-3-4-6-8-10/h7,9H,3-6,8H2,1-2H3. The second-order valence-corrected chi connectivity index (χ2v) is 3.53. The van der Waals surface area contributed by atoms with E-state index in [-0.39, 0.29) is 0 Å². The summed E-state index contributed by atoms with van der Waals surface area (Å²) in [4.78, 5) is 0. The van der Waals surface area contributed by atoms with E-state index in [0.717, 1.165) is 5.92 Å². The van der Waals surface area contributed by atoms with Gasteiger partial charge >= 0.3 is 0 Å². The van der Waals surface area contributed by atoms with Crippen LogP contribution in [0, 0.1) is 5.92 Å². The van der Waals surface area contributed by atoms with Crippen LogP contribution in [-0.2, 0) is 0 Å². The number of allylic oxidation sites excluding steroid dienone is 2. The average Bonchev–Trinajstić information content (AvgIpc) is 2.12. The van der Waals surface area contributed by atoms with Crippen LogP contribution in [0.1, 0.15) is 46.0 Å². The largest absolute Gasteiger partial charge is 0.0851 e. The van der Waals surface area contributed by atoms with Crippen molar-refractivity contribution in [3.05, 3.63) is 11.6 Å². The molecule has 0 atom stereocenters. The molecule has 0 saturated heterocycles. The maximum absolute atomic E-state index is 2.46. The van der Waals surface area contributed by atoms with E-state index in [1.807, 2.05) is 0 Å². The summed E-state index contributed by atoms with van der Waals surface area (Å²) in [6, 6.07) is 0. The molecule has 0 aromatic carbocycles. The molecule has 0 amide bonds. The molecule has 0 saturated carbocycles. The molecule has 0 radical (unpaired) electrons. The summed E-state index contributed by atoms with van der Waals surface area (Å²) in [6.07, 6.45) is 9.41. The molecule has 1 aliphatic carbocycles. The highest BCUT2D eigenvalue weighted by molar-refractivity contribution is 5.05. The van der Waals surface area contributed by atoms with E-state index in [2.05, 4.69) is 19.9 Å². The van der Waals surface area contributed by atoms with Crippen molar-refractivity contribution >= 4 is 0 Å². The van der Waals surface area contributed by atoms with Crippen LogP contribution < -0.4 is 0 Å². The minimum atomic E-state index is 0.790. The third kappa shape index (κ3) is 2.17. The van der Waals surface area contributed by atoms with Crippen LogP contribution in [0.2, 0.25) is 0 Å². The highest BCUT2D eigenvalue weighted by atomic mass is 14.1. The Balaban J connectivity index is 2.46. The fraction of sp³-hybridized carbons (Fsp3) is 0.800. The van der Waals surface area contributed by atoms with Crippen molar-refractivity contribution in [1.82, 2.24) is 0 Å². The van der Waals surface area contributed by atoms with Crippen molar-refractivity contribution in [1.29, 1.82) is 0 Å². The van der Waals surface area contributed by atoms with Crippen LogP contribution in [0.25, 0.3) is 0 Å². The lowest BCUT2D eigenvalue weighted by atomic mass is 9.99. The molecule has 10 heavy (non-hydrogen) atoms. The van der Waals surface area contributed by atoms with Crippen LogP contribution in [0.15, 0.2) is 11.6 Å². The van der Waals surface area contributed by atoms with Gasteiger partial charge < -0.3 is 0 Å². The molecule has 0 aromatic rings. The minimum Gasteiger partial charge on any atom is -0.0851 e. The molecule has 0 spiro atoms. The van der Waals surface area contributed by atoms with Gasteiger partial charge in [-0.1, -0.05) is 31.9 Å². The summed E-state index contributed by atoms with van der Waals surface area (Å²) in [5, 5.41) is 0. The van der Waals surface area contributed by atoms with E-state index in [1.54, 1.807) is 5.57 Å². The highest BCUT2D eigenvalue weighted by Gasteiger charge is 2.05. The molecule has 0 nitrogen and oxygen atoms in total. The van der Waals surface area contributed by atoms with Crippen molar-refractivity contribution in [2.24, 2.45) is 5.92 Å². The van der Waals surface area contributed by atoms with Crippen molar-refractivity contribution in [3.63, 3.8) is 0 Å². The van der Waals surface area contributed by atoms with Crippen molar-refractivity contribution in [2.45, 2.75) is 46.0 Å². The van der Waals surface area contributed by atoms with Gasteiger partial charge in [-0.05, 0) is 31.6 Å². The van der Waals surface area contributed by atoms with Crippen LogP contribution in [0.5, 0.6) is 0 Å². The fourth-order valence-electron chi connectivity index (χ4n) is 1.56. The van der Waals surface area contributed by atoms with E-state index in [0.29, 0.717) is 0 Å². The van der Waals surface area contributed by atoms with E-state index >= 15 is 0 Å². The molecular weight excluding hydrogens is 120 g/mol. The highest BCUT2D eigenvalue weighted by Crippen LogP contribution is 2.22. The van der Waals surface area contributed by atoms with Gasteiger partial charge in [0.15, 0.2) is 0 Å². The Bertz CT molecular complexity index is 120. The van der Waals surface area contributed by atoms with E-state index in [9.17, 15) is 0 Å². The molecular formula is C10H18. The lowest BCUT2D eigenvalue weighted by molar-refractivity contribution is 0.665. The van der Waals surface area contributed by atoms with E-state index < -0.39 is 0 Å². The summed E-state index contributed by atoms with van der Waals surface area (Å²) in [5.41, 5.74) is 1.69. The first-order valence-electron chi connectivity index (χ1n) is 4.49. The predicted octanol–water partition coefficient (Wildman–Crippen LogP) is 3.53. The Labute approximate surface area is 64.3 Å². The van der Waals surface area contributed by atoms with E-state index in [4.69, 9.17) is 0 Å². The Hall–Kier alpha value is -0.260. The van der Waals surface area contributed by atoms with Gasteiger partial charge in [-0.2, -0.15) is 0 Å². The Kier molecular flexibility index (Phi) is 2.98. The SMILES string of the molecule is CC(C)C1=CCCCCC1. The van der Waals surface area contributed by atoms with Gasteiger partial charge in [-0.15, -0.1) is 0 Å². The van der Waals surface area contributed by atoms with Gasteiger partial charge in [0, 0.05) is 0 Å². The van der Waals surface area contributed by atoms with E-state index in [1.165, 1.54) is 32.1 Å². The van der Waals surface area contributed by atoms with Gasteiger partial charge in [0.25, 0.3) is 0 Å². The second-order valence-electron chi connectivity index (χ2n) is 3.53. The van der Waals surface area contributed by atoms with Gasteiger partial charge in [0.2, 0.25) is 0 Å². The molecule has 0 N–H and O–H groups in total. The predicted molar refractivity (Wildman–Crippen MR) is 46.0 cm³/mol. The van der Waals surface area contributed by atoms with Gasteiger partial charge in [-0.25, -0.2) is 0 Å². The summed E-state index contributed by atoms with van der Waals surface area (Å²) >= 11 is 0. The molecule has 0 heterocycles. The molecule has 58 valence electrons. The molecule has 1 rings (SSSR count). The Morgan fingerprint density at radius 1 is 1.20 bits per heavy atom. The van der Waals surface area contributed by atoms with Crippen LogP contribution in [0.4, 0.5) is 0 Å². The fourth-order valence-corrected chi connectivity index (χ4v) is 1.56. The first kappa shape index (κ1) is 7.84. The van der Waals surface area contributed by atoms with Crippen molar-refractivity contribution < 1.29 is 0 Å². The zero-order chi connectivity index (χ0) is 7.40. The maximum Gasteiger partial charge on any atom is -0.0260 e. The molecule has 0 heteroatoms. The van der Waals surface area contributed by atoms with Crippen LogP contribution >= 0.6 is 0 Å². The summed E-state index contributed by atoms with van der Waals surface area (Å²) in [5.74, 6) is 0.790. The lowest BCUT2D eigenvalue weighted by Crippen LogP contribution is -1.92. The smallest absolute Gasteiger partial charge is 0.0260 e. The van der Waals surface area contributed by atoms with Crippen molar-refractivity contribution in [2.75, 3.05) is 0 Å². The normalized spacial score (nSPS) is 20.5. The number of rotatable bonds is 1. The van der Waals surface area contributed by atoms with Crippen LogP contribution in [-0.4, -0.2) is 0 Å². The molecule has 0 bridgehead atoms. The third-order valence-electron chi connectivity index (χ3n) is 2.32. The molecule has 0 unspecified atom stereocenters. The Morgan fingerprint density at radius 2 is 2.00 bits per heavy atom. The maximum atomic E-state index is 2.46. The quantitative estimate of drug-likeness (QED) is 0.486. The zero-order valence-electron chi connectivity index (χ0n) is 7.19. The summed E-state index contributed by atoms with van der Waals surface area (Å²) in [7, 11) is 0. The van der Waals surface area contributed by atoms with Crippen LogP contribution in [0.3, 0.4) is 0 Å². The van der Waals surface area contributed by atoms with Gasteiger partial charge in [0.1, 0.15) is 0 Å². The van der Waals surface area contributed by atoms with Gasteiger partial charge in [0.05, 0.1) is 0 Å².